The van der Waals surface area contributed by atoms with Gasteiger partial charge < -0.3 is 5.32 Å². The molecule has 0 bridgehead atoms. The van der Waals surface area contributed by atoms with Crippen molar-refractivity contribution in [2.24, 2.45) is 0 Å². The molecular weight excluding hydrogens is 402 g/mol. The highest BCUT2D eigenvalue weighted by molar-refractivity contribution is 6.00. The molecule has 2 N–H and O–H groups in total. The zero-order chi connectivity index (χ0) is 22.4. The quantitative estimate of drug-likeness (QED) is 0.378. The lowest BCUT2D eigenvalue weighted by atomic mass is 10.0. The van der Waals surface area contributed by atoms with Crippen LogP contribution in [0.3, 0.4) is 0 Å². The van der Waals surface area contributed by atoms with Crippen LogP contribution in [0.2, 0.25) is 0 Å². The van der Waals surface area contributed by atoms with E-state index in [0.717, 1.165) is 17.2 Å². The van der Waals surface area contributed by atoms with Crippen molar-refractivity contribution >= 4 is 17.4 Å². The normalized spacial score (nSPS) is 15.8. The fourth-order valence-corrected chi connectivity index (χ4v) is 3.43. The SMILES string of the molecule is C=CC(=O)N(O)c1ncccc1C(=C)NCc1cccc(CN2CCC(F)(F)CC2)c1. The number of likely N-dealkylation sites (tertiary alicyclic amines) is 1. The third-order valence-electron chi connectivity index (χ3n) is 5.19. The molecule has 6 nitrogen and oxygen atoms in total. The van der Waals surface area contributed by atoms with E-state index in [9.17, 15) is 18.8 Å². The van der Waals surface area contributed by atoms with Gasteiger partial charge in [0, 0.05) is 56.5 Å². The van der Waals surface area contributed by atoms with Crippen molar-refractivity contribution in [3.63, 3.8) is 0 Å². The van der Waals surface area contributed by atoms with E-state index in [0.29, 0.717) is 42.5 Å². The first-order chi connectivity index (χ1) is 14.8. The number of carbonyl (C=O) groups is 1. The zero-order valence-electron chi connectivity index (χ0n) is 17.2. The minimum atomic E-state index is -2.55. The summed E-state index contributed by atoms with van der Waals surface area (Å²) >= 11 is 0. The number of piperidine rings is 1. The summed E-state index contributed by atoms with van der Waals surface area (Å²) in [7, 11) is 0. The molecule has 164 valence electrons. The molecule has 1 aliphatic heterocycles. The number of alkyl halides is 2. The molecule has 1 aliphatic rings. The number of halogens is 2. The van der Waals surface area contributed by atoms with Crippen molar-refractivity contribution in [2.75, 3.05) is 18.2 Å². The van der Waals surface area contributed by atoms with Gasteiger partial charge in [0.05, 0.1) is 0 Å². The lowest BCUT2D eigenvalue weighted by Crippen LogP contribution is -2.38. The number of pyridine rings is 1. The van der Waals surface area contributed by atoms with Crippen LogP contribution in [0.25, 0.3) is 5.70 Å². The van der Waals surface area contributed by atoms with Crippen LogP contribution < -0.4 is 10.4 Å². The molecular formula is C23H26F2N4O2. The van der Waals surface area contributed by atoms with Gasteiger partial charge in [-0.15, -0.1) is 0 Å². The summed E-state index contributed by atoms with van der Waals surface area (Å²) in [6.45, 7) is 9.21. The number of carbonyl (C=O) groups excluding carboxylic acids is 1. The van der Waals surface area contributed by atoms with Crippen LogP contribution >= 0.6 is 0 Å². The molecule has 0 atom stereocenters. The summed E-state index contributed by atoms with van der Waals surface area (Å²) in [6, 6.07) is 11.3. The highest BCUT2D eigenvalue weighted by Crippen LogP contribution is 2.28. The lowest BCUT2D eigenvalue weighted by molar-refractivity contribution is -0.119. The van der Waals surface area contributed by atoms with Crippen LogP contribution in [-0.2, 0) is 17.9 Å². The number of hydrogen-bond acceptors (Lipinski definition) is 5. The maximum atomic E-state index is 13.3. The van der Waals surface area contributed by atoms with E-state index >= 15 is 0 Å². The first kappa shape index (κ1) is 22.6. The molecule has 1 aromatic heterocycles. The summed E-state index contributed by atoms with van der Waals surface area (Å²) in [5.41, 5.74) is 3.01. The largest absolute Gasteiger partial charge is 0.381 e. The van der Waals surface area contributed by atoms with Crippen molar-refractivity contribution < 1.29 is 18.8 Å². The van der Waals surface area contributed by atoms with Crippen molar-refractivity contribution in [2.45, 2.75) is 31.9 Å². The summed E-state index contributed by atoms with van der Waals surface area (Å²) in [6.07, 6.45) is 2.25. The topological polar surface area (TPSA) is 68.7 Å². The highest BCUT2D eigenvalue weighted by Gasteiger charge is 2.33. The number of hydroxylamine groups is 1. The van der Waals surface area contributed by atoms with E-state index in [1.807, 2.05) is 29.2 Å². The van der Waals surface area contributed by atoms with E-state index in [1.165, 1.54) is 6.20 Å². The van der Waals surface area contributed by atoms with Gasteiger partial charge in [-0.2, -0.15) is 5.06 Å². The van der Waals surface area contributed by atoms with Crippen molar-refractivity contribution in [1.82, 2.24) is 15.2 Å². The summed E-state index contributed by atoms with van der Waals surface area (Å²) in [4.78, 5) is 17.8. The molecule has 0 aliphatic carbocycles. The monoisotopic (exact) mass is 428 g/mol. The second kappa shape index (κ2) is 9.80. The van der Waals surface area contributed by atoms with Gasteiger partial charge in [-0.25, -0.2) is 13.8 Å². The molecule has 0 unspecified atom stereocenters. The fraction of sp³-hybridized carbons (Fsp3) is 0.304. The molecule has 0 saturated carbocycles. The Morgan fingerprint density at radius 3 is 2.68 bits per heavy atom. The Bertz CT molecular complexity index is 954. The first-order valence-electron chi connectivity index (χ1n) is 10.0. The van der Waals surface area contributed by atoms with Gasteiger partial charge in [-0.3, -0.25) is 14.9 Å². The number of hydrogen-bond donors (Lipinski definition) is 2. The Hall–Kier alpha value is -3.10. The standard InChI is InChI=1S/C23H26F2N4O2/c1-3-21(30)29(31)22-20(8-5-11-26-22)17(2)27-15-18-6-4-7-19(14-18)16-28-12-9-23(24,25)10-13-28/h3-8,11,14,27,31H,1-2,9-10,12-13,15-16H2. The Kier molecular flexibility index (Phi) is 7.14. The fourth-order valence-electron chi connectivity index (χ4n) is 3.43. The number of amides is 1. The minimum Gasteiger partial charge on any atom is -0.381 e. The highest BCUT2D eigenvalue weighted by atomic mass is 19.3. The third kappa shape index (κ3) is 5.96. The molecule has 1 saturated heterocycles. The Morgan fingerprint density at radius 2 is 1.97 bits per heavy atom. The number of rotatable bonds is 8. The van der Waals surface area contributed by atoms with Gasteiger partial charge in [0.1, 0.15) is 0 Å². The van der Waals surface area contributed by atoms with E-state index < -0.39 is 11.8 Å². The maximum Gasteiger partial charge on any atom is 0.275 e. The molecule has 0 spiro atoms. The summed E-state index contributed by atoms with van der Waals surface area (Å²) in [5, 5.41) is 13.7. The van der Waals surface area contributed by atoms with Crippen LogP contribution in [0, 0.1) is 0 Å². The number of anilines is 1. The van der Waals surface area contributed by atoms with Crippen LogP contribution in [0.1, 0.15) is 29.5 Å². The number of nitrogens with zero attached hydrogens (tertiary/aromatic N) is 3. The summed E-state index contributed by atoms with van der Waals surface area (Å²) < 4.78 is 26.7. The Labute approximate surface area is 180 Å². The van der Waals surface area contributed by atoms with Crippen LogP contribution in [0.4, 0.5) is 14.6 Å². The molecule has 2 heterocycles. The summed E-state index contributed by atoms with van der Waals surface area (Å²) in [5.74, 6) is -3.19. The van der Waals surface area contributed by atoms with Gasteiger partial charge in [0.2, 0.25) is 0 Å². The molecule has 31 heavy (non-hydrogen) atoms. The maximum absolute atomic E-state index is 13.3. The second-order valence-corrected chi connectivity index (χ2v) is 7.51. The van der Waals surface area contributed by atoms with E-state index in [2.05, 4.69) is 23.5 Å². The predicted octanol–water partition coefficient (Wildman–Crippen LogP) is 3.98. The average molecular weight is 428 g/mol. The molecule has 2 aromatic rings. The molecule has 1 amide bonds. The van der Waals surface area contributed by atoms with Crippen LogP contribution in [0.5, 0.6) is 0 Å². The number of nitrogens with one attached hydrogen (secondary N) is 1. The first-order valence-corrected chi connectivity index (χ1v) is 10.0. The Balaban J connectivity index is 1.62. The van der Waals surface area contributed by atoms with Gasteiger partial charge in [-0.05, 0) is 29.3 Å². The average Bonchev–Trinajstić information content (AvgIpc) is 2.78. The van der Waals surface area contributed by atoms with Crippen molar-refractivity contribution in [3.8, 4) is 0 Å². The second-order valence-electron chi connectivity index (χ2n) is 7.51. The van der Waals surface area contributed by atoms with Gasteiger partial charge >= 0.3 is 0 Å². The van der Waals surface area contributed by atoms with Crippen molar-refractivity contribution in [3.05, 3.63) is 78.5 Å². The molecule has 1 fully saturated rings. The third-order valence-corrected chi connectivity index (χ3v) is 5.19. The molecule has 3 rings (SSSR count). The lowest BCUT2D eigenvalue weighted by Gasteiger charge is -2.31. The van der Waals surface area contributed by atoms with E-state index in [-0.39, 0.29) is 18.7 Å². The Morgan fingerprint density at radius 1 is 1.26 bits per heavy atom. The number of aromatic nitrogens is 1. The molecule has 8 heteroatoms. The predicted molar refractivity (Wildman–Crippen MR) is 115 cm³/mol. The van der Waals surface area contributed by atoms with Crippen LogP contribution in [-0.4, -0.2) is 40.0 Å². The van der Waals surface area contributed by atoms with Gasteiger partial charge in [-0.1, -0.05) is 37.4 Å². The van der Waals surface area contributed by atoms with Gasteiger partial charge in [0.25, 0.3) is 11.8 Å². The zero-order valence-corrected chi connectivity index (χ0v) is 17.2. The van der Waals surface area contributed by atoms with Gasteiger partial charge in [0.15, 0.2) is 5.82 Å². The minimum absolute atomic E-state index is 0.0561. The smallest absolute Gasteiger partial charge is 0.275 e. The number of benzene rings is 1. The van der Waals surface area contributed by atoms with E-state index in [1.54, 1.807) is 12.1 Å². The molecule has 0 radical (unpaired) electrons. The van der Waals surface area contributed by atoms with Crippen LogP contribution in [0.15, 0.2) is 61.8 Å². The van der Waals surface area contributed by atoms with E-state index in [4.69, 9.17) is 0 Å². The molecule has 1 aromatic carbocycles. The van der Waals surface area contributed by atoms with Crippen molar-refractivity contribution in [1.29, 1.82) is 0 Å².